The van der Waals surface area contributed by atoms with Crippen LogP contribution >= 0.6 is 0 Å². The predicted octanol–water partition coefficient (Wildman–Crippen LogP) is 5.07. The molecule has 23 heavy (non-hydrogen) atoms. The molecule has 0 aliphatic carbocycles. The Hall–Kier alpha value is 0.641. The van der Waals surface area contributed by atoms with E-state index < -0.39 is 34.4 Å². The van der Waals surface area contributed by atoms with Gasteiger partial charge < -0.3 is 51.8 Å². The van der Waals surface area contributed by atoms with Crippen molar-refractivity contribution in [2.24, 2.45) is 0 Å². The number of alkyl halides is 5. The number of halogens is 17. The van der Waals surface area contributed by atoms with Gasteiger partial charge in [-0.25, -0.2) is 8.78 Å². The van der Waals surface area contributed by atoms with Crippen LogP contribution in [-0.2, 0) is 0 Å². The molecule has 0 atom stereocenters. The van der Waals surface area contributed by atoms with Crippen LogP contribution in [0.4, 0.5) is 73.7 Å². The number of hydrogen-bond acceptors (Lipinski definition) is 0. The molecule has 0 amide bonds. The molecule has 0 aliphatic heterocycles. The summed E-state index contributed by atoms with van der Waals surface area (Å²) in [6.07, 6.45) is -9.53. The fourth-order valence-corrected chi connectivity index (χ4v) is 0. The van der Waals surface area contributed by atoms with E-state index in [1.165, 1.54) is 0 Å². The Bertz CT molecular complexity index is 198. The molecular formula is C2H2B3F17K-3. The van der Waals surface area contributed by atoms with Gasteiger partial charge in [-0.1, -0.05) is 0 Å². The maximum atomic E-state index is 10.4. The Balaban J connectivity index is -0.0000000625. The van der Waals surface area contributed by atoms with Crippen molar-refractivity contribution in [1.29, 1.82) is 0 Å². The summed E-state index contributed by atoms with van der Waals surface area (Å²) in [5.74, 6) is 0. The first-order chi connectivity index (χ1) is 8.94. The normalized spacial score (nSPS) is 11.7. The first-order valence-corrected chi connectivity index (χ1v) is 3.91. The quantitative estimate of drug-likeness (QED) is 0.379. The molecule has 0 saturated heterocycles. The molecule has 142 valence electrons. The molecule has 0 unspecified atom stereocenters. The molecule has 0 fully saturated rings. The van der Waals surface area contributed by atoms with Gasteiger partial charge >= 0.3 is 85.7 Å². The Kier molecular flexibility index (Phi) is 21.0. The van der Waals surface area contributed by atoms with Crippen LogP contribution in [0.1, 0.15) is 0 Å². The molecule has 0 rings (SSSR count). The monoisotopic (exact) mass is 421 g/mol. The van der Waals surface area contributed by atoms with Crippen molar-refractivity contribution < 1.29 is 73.7 Å². The van der Waals surface area contributed by atoms with Crippen LogP contribution in [0.15, 0.2) is 0 Å². The topological polar surface area (TPSA) is 0 Å². The van der Waals surface area contributed by atoms with Crippen LogP contribution in [0.25, 0.3) is 0 Å². The fraction of sp³-hybridized carbons (Fsp3) is 1.00. The van der Waals surface area contributed by atoms with E-state index >= 15 is 0 Å². The molecule has 0 spiro atoms. The van der Waals surface area contributed by atoms with Gasteiger partial charge in [0.2, 0.25) is 0 Å². The Morgan fingerprint density at radius 1 is 0.478 bits per heavy atom. The molecular weight excluding hydrogens is 419 g/mol. The van der Waals surface area contributed by atoms with Crippen LogP contribution < -0.4 is 0 Å². The van der Waals surface area contributed by atoms with E-state index in [9.17, 15) is 73.7 Å². The van der Waals surface area contributed by atoms with Crippen molar-refractivity contribution in [1.82, 2.24) is 0 Å². The van der Waals surface area contributed by atoms with Crippen molar-refractivity contribution in [2.45, 2.75) is 12.6 Å². The Labute approximate surface area is 158 Å². The second kappa shape index (κ2) is 13.9. The molecule has 21 heteroatoms. The van der Waals surface area contributed by atoms with E-state index in [2.05, 4.69) is 0 Å². The van der Waals surface area contributed by atoms with E-state index in [1.807, 2.05) is 0 Å². The minimum atomic E-state index is -6.00. The van der Waals surface area contributed by atoms with Gasteiger partial charge in [0.05, 0.1) is 0 Å². The van der Waals surface area contributed by atoms with Crippen molar-refractivity contribution in [3.63, 3.8) is 0 Å². The third kappa shape index (κ3) is 219. The molecule has 0 aromatic rings. The summed E-state index contributed by atoms with van der Waals surface area (Å²) < 4.78 is 169. The van der Waals surface area contributed by atoms with Gasteiger partial charge in [0.25, 0.3) is 0 Å². The minimum absolute atomic E-state index is 0. The van der Waals surface area contributed by atoms with E-state index in [4.69, 9.17) is 0 Å². The fourth-order valence-electron chi connectivity index (χ4n) is 0. The average Bonchev–Trinajstić information content (AvgIpc) is 1.89. The third-order valence-corrected chi connectivity index (χ3v) is 0.247. The molecule has 0 bridgehead atoms. The number of hydrogen-bond donors (Lipinski definition) is 0. The average molecular weight is 421 g/mol. The summed E-state index contributed by atoms with van der Waals surface area (Å²) in [7, 11) is -18.0. The first-order valence-electron chi connectivity index (χ1n) is 3.91. The zero-order valence-corrected chi connectivity index (χ0v) is 9.23. The van der Waals surface area contributed by atoms with Crippen molar-refractivity contribution in [3.8, 4) is 0 Å². The van der Waals surface area contributed by atoms with E-state index in [1.54, 1.807) is 0 Å². The van der Waals surface area contributed by atoms with Gasteiger partial charge in [0.15, 0.2) is 0 Å². The van der Waals surface area contributed by atoms with Gasteiger partial charge in [-0.2, -0.15) is 13.2 Å². The van der Waals surface area contributed by atoms with Crippen molar-refractivity contribution >= 4 is 73.1 Å². The molecule has 0 aromatic heterocycles. The molecule has 0 aliphatic rings. The van der Waals surface area contributed by atoms with Gasteiger partial charge in [-0.05, 0) is 0 Å². The molecule has 0 saturated carbocycles. The molecule has 0 aromatic carbocycles. The van der Waals surface area contributed by atoms with Gasteiger partial charge in [0.1, 0.15) is 0 Å². The van der Waals surface area contributed by atoms with Gasteiger partial charge in [-0.3, -0.25) is 0 Å². The summed E-state index contributed by atoms with van der Waals surface area (Å²) in [4.78, 5) is 0. The van der Waals surface area contributed by atoms with Gasteiger partial charge in [-0.15, -0.1) is 0 Å². The van der Waals surface area contributed by atoms with Crippen LogP contribution in [0.2, 0.25) is 0 Å². The van der Waals surface area contributed by atoms with Crippen LogP contribution in [-0.4, -0.2) is 85.7 Å². The van der Waals surface area contributed by atoms with Crippen LogP contribution in [0.5, 0.6) is 0 Å². The van der Waals surface area contributed by atoms with E-state index in [0.29, 0.717) is 0 Å². The zero-order valence-electron chi connectivity index (χ0n) is 9.23. The second-order valence-corrected chi connectivity index (χ2v) is 2.33. The summed E-state index contributed by atoms with van der Waals surface area (Å²) in [5.41, 5.74) is 0. The van der Waals surface area contributed by atoms with E-state index in [0.717, 1.165) is 0 Å². The second-order valence-electron chi connectivity index (χ2n) is 2.33. The summed E-state index contributed by atoms with van der Waals surface area (Å²) >= 11 is 0. The molecule has 0 N–H and O–H groups in total. The summed E-state index contributed by atoms with van der Waals surface area (Å²) in [6.45, 7) is 0. The van der Waals surface area contributed by atoms with Crippen LogP contribution in [0, 0.1) is 0 Å². The Morgan fingerprint density at radius 3 is 0.522 bits per heavy atom. The number of rotatable bonds is 0. The zero-order chi connectivity index (χ0) is 19.6. The standard InChI is InChI=1S/C2HF5.3BF4.K.H/c3-1(4)2(5,6)7;3*2-1(3,4)5;;/h1H;;;;;/q;3*-1;;. The summed E-state index contributed by atoms with van der Waals surface area (Å²) in [5, 5.41) is 0. The Morgan fingerprint density at radius 2 is 0.522 bits per heavy atom. The molecule has 0 radical (unpaired) electrons. The predicted molar refractivity (Wildman–Crippen MR) is 49.8 cm³/mol. The summed E-state index contributed by atoms with van der Waals surface area (Å²) in [6, 6.07) is 0. The van der Waals surface area contributed by atoms with Crippen molar-refractivity contribution in [3.05, 3.63) is 0 Å². The van der Waals surface area contributed by atoms with Gasteiger partial charge in [0, 0.05) is 0 Å². The first kappa shape index (κ1) is 34.9. The van der Waals surface area contributed by atoms with Crippen molar-refractivity contribution in [2.75, 3.05) is 0 Å². The van der Waals surface area contributed by atoms with Crippen LogP contribution in [0.3, 0.4) is 0 Å². The SMILES string of the molecule is FC(F)C(F)(F)F.F[B-](F)(F)F.F[B-](F)(F)F.F[B-](F)(F)F.[KH]. The maximum absolute atomic E-state index is 10.4. The third-order valence-electron chi connectivity index (χ3n) is 0.247. The van der Waals surface area contributed by atoms with E-state index in [-0.39, 0.29) is 51.4 Å². The molecule has 0 heterocycles. The molecule has 0 nitrogen and oxygen atoms in total.